The fourth-order valence-corrected chi connectivity index (χ4v) is 1.74. The molecule has 0 spiro atoms. The van der Waals surface area contributed by atoms with Gasteiger partial charge in [-0.1, -0.05) is 30.3 Å². The summed E-state index contributed by atoms with van der Waals surface area (Å²) in [7, 11) is 0. The van der Waals surface area contributed by atoms with Crippen LogP contribution >= 0.6 is 0 Å². The van der Waals surface area contributed by atoms with Crippen molar-refractivity contribution in [3.8, 4) is 0 Å². The van der Waals surface area contributed by atoms with Crippen molar-refractivity contribution in [2.75, 3.05) is 13.1 Å². The molecule has 1 heterocycles. The van der Waals surface area contributed by atoms with Gasteiger partial charge in [0.15, 0.2) is 0 Å². The first kappa shape index (κ1) is 8.76. The Morgan fingerprint density at radius 2 is 1.77 bits per heavy atom. The molecule has 1 fully saturated rings. The van der Waals surface area contributed by atoms with Gasteiger partial charge < -0.3 is 5.32 Å². The first-order valence-electron chi connectivity index (χ1n) is 4.97. The van der Waals surface area contributed by atoms with Crippen LogP contribution in [0.2, 0.25) is 0 Å². The largest absolute Gasteiger partial charge is 0.317 e. The molecule has 0 bridgehead atoms. The van der Waals surface area contributed by atoms with Crippen LogP contribution in [0.3, 0.4) is 0 Å². The lowest BCUT2D eigenvalue weighted by atomic mass is 9.91. The Bertz CT molecular complexity index is 237. The predicted octanol–water partition coefficient (Wildman–Crippen LogP) is 2.12. The molecule has 0 unspecified atom stereocenters. The Balaban J connectivity index is 1.90. The zero-order chi connectivity index (χ0) is 8.93. The van der Waals surface area contributed by atoms with E-state index in [9.17, 15) is 0 Å². The van der Waals surface area contributed by atoms with Gasteiger partial charge in [-0.3, -0.25) is 0 Å². The Kier molecular flexibility index (Phi) is 2.98. The smallest absolute Gasteiger partial charge is 0.0199 e. The van der Waals surface area contributed by atoms with E-state index in [0.29, 0.717) is 5.92 Å². The van der Waals surface area contributed by atoms with Crippen molar-refractivity contribution in [2.24, 2.45) is 5.92 Å². The maximum atomic E-state index is 3.54. The summed E-state index contributed by atoms with van der Waals surface area (Å²) in [5.74, 6) is 0.656. The fourth-order valence-electron chi connectivity index (χ4n) is 1.74. The molecule has 1 aliphatic heterocycles. The molecule has 0 atom stereocenters. The summed E-state index contributed by atoms with van der Waals surface area (Å²) in [6.07, 6.45) is 6.00. The zero-order valence-electron chi connectivity index (χ0n) is 7.79. The maximum absolute atomic E-state index is 3.54. The van der Waals surface area contributed by atoms with Crippen molar-refractivity contribution >= 4 is 0 Å². The van der Waals surface area contributed by atoms with Crippen LogP contribution in [0.4, 0.5) is 0 Å². The molecule has 1 aliphatic rings. The molecule has 0 amide bonds. The van der Waals surface area contributed by atoms with E-state index >= 15 is 0 Å². The zero-order valence-corrected chi connectivity index (χ0v) is 7.79. The molecule has 0 aromatic heterocycles. The number of piperidine rings is 1. The number of nitrogens with one attached hydrogen (secondary N) is 1. The third kappa shape index (κ3) is 2.56. The Labute approximate surface area is 80.2 Å². The van der Waals surface area contributed by atoms with Crippen LogP contribution in [0.15, 0.2) is 30.3 Å². The minimum atomic E-state index is 0.656. The van der Waals surface area contributed by atoms with Crippen molar-refractivity contribution < 1.29 is 0 Å². The summed E-state index contributed by atoms with van der Waals surface area (Å²) in [5.41, 5.74) is 1.24. The van der Waals surface area contributed by atoms with E-state index in [1.54, 1.807) is 0 Å². The lowest BCUT2D eigenvalue weighted by molar-refractivity contribution is 0.420. The molecule has 0 saturated carbocycles. The number of benzene rings is 1. The van der Waals surface area contributed by atoms with Gasteiger partial charge in [-0.05, 0) is 37.4 Å². The SMILES string of the molecule is [C](c1ccccc1)C1CCNCC1. The number of rotatable bonds is 2. The van der Waals surface area contributed by atoms with Gasteiger partial charge in [0.05, 0.1) is 0 Å². The van der Waals surface area contributed by atoms with Gasteiger partial charge in [0.1, 0.15) is 0 Å². The average molecular weight is 173 g/mol. The van der Waals surface area contributed by atoms with Gasteiger partial charge in [0.2, 0.25) is 0 Å². The van der Waals surface area contributed by atoms with Gasteiger partial charge in [0.25, 0.3) is 0 Å². The monoisotopic (exact) mass is 173 g/mol. The van der Waals surface area contributed by atoms with Crippen molar-refractivity contribution in [2.45, 2.75) is 12.8 Å². The van der Waals surface area contributed by atoms with Crippen molar-refractivity contribution in [3.63, 3.8) is 0 Å². The van der Waals surface area contributed by atoms with E-state index in [0.717, 1.165) is 13.1 Å². The van der Waals surface area contributed by atoms with E-state index in [-0.39, 0.29) is 0 Å². The normalized spacial score (nSPS) is 18.8. The van der Waals surface area contributed by atoms with E-state index in [1.165, 1.54) is 18.4 Å². The van der Waals surface area contributed by atoms with Gasteiger partial charge in [0, 0.05) is 6.42 Å². The Morgan fingerprint density at radius 1 is 1.08 bits per heavy atom. The standard InChI is InChI=1S/C12H15N/c1-2-4-11(5-3-1)10-12-6-8-13-9-7-12/h1-5,12-13H,6-9H2. The van der Waals surface area contributed by atoms with Gasteiger partial charge >= 0.3 is 0 Å². The topological polar surface area (TPSA) is 12.0 Å². The summed E-state index contributed by atoms with van der Waals surface area (Å²) >= 11 is 0. The molecule has 2 radical (unpaired) electrons. The lowest BCUT2D eigenvalue weighted by Gasteiger charge is -2.21. The van der Waals surface area contributed by atoms with Gasteiger partial charge in [-0.25, -0.2) is 0 Å². The molecule has 68 valence electrons. The van der Waals surface area contributed by atoms with Crippen LogP contribution in [0.1, 0.15) is 18.4 Å². The summed E-state index contributed by atoms with van der Waals surface area (Å²) < 4.78 is 0. The molecule has 1 heteroatoms. The molecule has 1 N–H and O–H groups in total. The molecular weight excluding hydrogens is 158 g/mol. The van der Waals surface area contributed by atoms with Crippen LogP contribution in [-0.2, 0) is 0 Å². The maximum Gasteiger partial charge on any atom is 0.0199 e. The number of hydrogen-bond donors (Lipinski definition) is 1. The summed E-state index contributed by atoms with van der Waals surface area (Å²) in [5, 5.41) is 3.36. The first-order chi connectivity index (χ1) is 6.45. The average Bonchev–Trinajstić information content (AvgIpc) is 2.21. The van der Waals surface area contributed by atoms with Crippen molar-refractivity contribution in [1.82, 2.24) is 5.32 Å². The fraction of sp³-hybridized carbons (Fsp3) is 0.417. The van der Waals surface area contributed by atoms with Gasteiger partial charge in [-0.15, -0.1) is 0 Å². The summed E-state index contributed by atoms with van der Waals surface area (Å²) in [6.45, 7) is 2.29. The van der Waals surface area contributed by atoms with Crippen molar-refractivity contribution in [3.05, 3.63) is 42.3 Å². The summed E-state index contributed by atoms with van der Waals surface area (Å²) in [4.78, 5) is 0. The van der Waals surface area contributed by atoms with Crippen LogP contribution in [0.5, 0.6) is 0 Å². The van der Waals surface area contributed by atoms with Crippen LogP contribution in [0.25, 0.3) is 0 Å². The highest BCUT2D eigenvalue weighted by atomic mass is 14.9. The van der Waals surface area contributed by atoms with E-state index in [2.05, 4.69) is 36.0 Å². The second-order valence-corrected chi connectivity index (χ2v) is 3.53. The Hall–Kier alpha value is -0.820. The Morgan fingerprint density at radius 3 is 2.46 bits per heavy atom. The molecular formula is C12H15N. The van der Waals surface area contributed by atoms with E-state index in [1.807, 2.05) is 6.07 Å². The third-order valence-electron chi connectivity index (χ3n) is 2.48. The molecule has 1 aromatic rings. The molecule has 13 heavy (non-hydrogen) atoms. The summed E-state index contributed by atoms with van der Waals surface area (Å²) in [6, 6.07) is 10.4. The third-order valence-corrected chi connectivity index (χ3v) is 2.48. The molecule has 0 aliphatic carbocycles. The van der Waals surface area contributed by atoms with E-state index in [4.69, 9.17) is 0 Å². The van der Waals surface area contributed by atoms with Crippen LogP contribution in [0, 0.1) is 12.3 Å². The predicted molar refractivity (Wildman–Crippen MR) is 54.4 cm³/mol. The second-order valence-electron chi connectivity index (χ2n) is 3.53. The quantitative estimate of drug-likeness (QED) is 0.722. The van der Waals surface area contributed by atoms with Crippen LogP contribution < -0.4 is 5.32 Å². The van der Waals surface area contributed by atoms with Crippen LogP contribution in [-0.4, -0.2) is 13.1 Å². The lowest BCUT2D eigenvalue weighted by Crippen LogP contribution is -2.28. The van der Waals surface area contributed by atoms with E-state index < -0.39 is 0 Å². The molecule has 1 aromatic carbocycles. The molecule has 2 rings (SSSR count). The highest BCUT2D eigenvalue weighted by molar-refractivity contribution is 5.23. The minimum absolute atomic E-state index is 0.656. The number of hydrogen-bond acceptors (Lipinski definition) is 1. The second kappa shape index (κ2) is 4.43. The van der Waals surface area contributed by atoms with Gasteiger partial charge in [-0.2, -0.15) is 0 Å². The first-order valence-corrected chi connectivity index (χ1v) is 4.97. The highest BCUT2D eigenvalue weighted by Crippen LogP contribution is 2.19. The van der Waals surface area contributed by atoms with Crippen molar-refractivity contribution in [1.29, 1.82) is 0 Å². The molecule has 1 saturated heterocycles. The highest BCUT2D eigenvalue weighted by Gasteiger charge is 2.13. The minimum Gasteiger partial charge on any atom is -0.317 e. The molecule has 1 nitrogen and oxygen atoms in total.